The van der Waals surface area contributed by atoms with Gasteiger partial charge in [-0.05, 0) is 20.4 Å². The SMILES string of the molecule is CCNCCS(=O)(=O)NC(C)c1ncc(C)o1. The summed E-state index contributed by atoms with van der Waals surface area (Å²) >= 11 is 0. The van der Waals surface area contributed by atoms with Crippen LogP contribution in [0.4, 0.5) is 0 Å². The van der Waals surface area contributed by atoms with Crippen LogP contribution in [0.5, 0.6) is 0 Å². The summed E-state index contributed by atoms with van der Waals surface area (Å²) in [5.41, 5.74) is 0. The van der Waals surface area contributed by atoms with Gasteiger partial charge in [-0.25, -0.2) is 18.1 Å². The Morgan fingerprint density at radius 3 is 2.76 bits per heavy atom. The normalized spacial score (nSPS) is 13.8. The van der Waals surface area contributed by atoms with Crippen LogP contribution in [0, 0.1) is 6.92 Å². The van der Waals surface area contributed by atoms with Crippen molar-refractivity contribution < 1.29 is 12.8 Å². The van der Waals surface area contributed by atoms with Gasteiger partial charge in [-0.2, -0.15) is 0 Å². The summed E-state index contributed by atoms with van der Waals surface area (Å²) in [6.07, 6.45) is 1.57. The number of oxazole rings is 1. The standard InChI is InChI=1S/C10H19N3O3S/c1-4-11-5-6-17(14,15)13-9(3)10-12-7-8(2)16-10/h7,9,11,13H,4-6H2,1-3H3. The molecule has 1 aromatic heterocycles. The fraction of sp³-hybridized carbons (Fsp3) is 0.700. The number of aryl methyl sites for hydroxylation is 1. The van der Waals surface area contributed by atoms with E-state index >= 15 is 0 Å². The number of hydrogen-bond donors (Lipinski definition) is 2. The Kier molecular flexibility index (Phi) is 5.10. The van der Waals surface area contributed by atoms with Crippen molar-refractivity contribution in [2.45, 2.75) is 26.8 Å². The van der Waals surface area contributed by atoms with E-state index < -0.39 is 16.1 Å². The summed E-state index contributed by atoms with van der Waals surface area (Å²) in [4.78, 5) is 3.99. The van der Waals surface area contributed by atoms with E-state index in [-0.39, 0.29) is 5.75 Å². The molecule has 0 fully saturated rings. The topological polar surface area (TPSA) is 84.2 Å². The molecule has 0 aliphatic heterocycles. The molecule has 98 valence electrons. The fourth-order valence-corrected chi connectivity index (χ4v) is 2.50. The van der Waals surface area contributed by atoms with Gasteiger partial charge >= 0.3 is 0 Å². The van der Waals surface area contributed by atoms with Crippen molar-refractivity contribution in [2.75, 3.05) is 18.8 Å². The Morgan fingerprint density at radius 2 is 2.24 bits per heavy atom. The van der Waals surface area contributed by atoms with Crippen LogP contribution < -0.4 is 10.0 Å². The van der Waals surface area contributed by atoms with Gasteiger partial charge in [-0.3, -0.25) is 0 Å². The molecule has 17 heavy (non-hydrogen) atoms. The van der Waals surface area contributed by atoms with E-state index in [2.05, 4.69) is 15.0 Å². The first kappa shape index (κ1) is 14.1. The van der Waals surface area contributed by atoms with Gasteiger partial charge in [0.15, 0.2) is 0 Å². The zero-order valence-corrected chi connectivity index (χ0v) is 11.2. The van der Waals surface area contributed by atoms with Crippen molar-refractivity contribution in [1.29, 1.82) is 0 Å². The number of nitrogens with one attached hydrogen (secondary N) is 2. The number of sulfonamides is 1. The van der Waals surface area contributed by atoms with E-state index in [0.717, 1.165) is 6.54 Å². The van der Waals surface area contributed by atoms with Gasteiger partial charge in [0.25, 0.3) is 0 Å². The van der Waals surface area contributed by atoms with Gasteiger partial charge in [0, 0.05) is 6.54 Å². The minimum absolute atomic E-state index is 0.0465. The lowest BCUT2D eigenvalue weighted by atomic mass is 10.4. The molecule has 1 heterocycles. The number of aromatic nitrogens is 1. The number of rotatable bonds is 7. The van der Waals surface area contributed by atoms with Crippen LogP contribution in [0.1, 0.15) is 31.5 Å². The first-order valence-corrected chi connectivity index (χ1v) is 7.23. The Bertz CT molecular complexity index is 441. The van der Waals surface area contributed by atoms with Gasteiger partial charge in [0.1, 0.15) is 5.76 Å². The molecule has 1 unspecified atom stereocenters. The van der Waals surface area contributed by atoms with E-state index in [9.17, 15) is 8.42 Å². The lowest BCUT2D eigenvalue weighted by molar-refractivity contribution is 0.427. The largest absolute Gasteiger partial charge is 0.444 e. The van der Waals surface area contributed by atoms with Gasteiger partial charge < -0.3 is 9.73 Å². The molecular weight excluding hydrogens is 242 g/mol. The van der Waals surface area contributed by atoms with Gasteiger partial charge in [-0.1, -0.05) is 6.92 Å². The second-order valence-corrected chi connectivity index (χ2v) is 5.69. The molecule has 6 nitrogen and oxygen atoms in total. The van der Waals surface area contributed by atoms with Crippen LogP contribution in [-0.4, -0.2) is 32.2 Å². The van der Waals surface area contributed by atoms with E-state index in [4.69, 9.17) is 4.42 Å². The molecule has 0 aromatic carbocycles. The average molecular weight is 261 g/mol. The average Bonchev–Trinajstić information content (AvgIpc) is 2.64. The fourth-order valence-electron chi connectivity index (χ4n) is 1.33. The van der Waals surface area contributed by atoms with E-state index in [1.165, 1.54) is 0 Å². The predicted molar refractivity (Wildman–Crippen MR) is 65.1 cm³/mol. The molecule has 1 rings (SSSR count). The van der Waals surface area contributed by atoms with Crippen molar-refractivity contribution in [1.82, 2.24) is 15.0 Å². The Balaban J connectivity index is 2.52. The van der Waals surface area contributed by atoms with E-state index in [1.807, 2.05) is 6.92 Å². The van der Waals surface area contributed by atoms with Crippen LogP contribution in [0.25, 0.3) is 0 Å². The third-order valence-electron chi connectivity index (χ3n) is 2.16. The summed E-state index contributed by atoms with van der Waals surface area (Å²) in [6.45, 7) is 6.59. The minimum Gasteiger partial charge on any atom is -0.444 e. The van der Waals surface area contributed by atoms with Gasteiger partial charge in [-0.15, -0.1) is 0 Å². The molecule has 1 aromatic rings. The molecule has 0 saturated heterocycles. The lowest BCUT2D eigenvalue weighted by Gasteiger charge is -2.11. The highest BCUT2D eigenvalue weighted by molar-refractivity contribution is 7.89. The first-order valence-electron chi connectivity index (χ1n) is 5.57. The highest BCUT2D eigenvalue weighted by Gasteiger charge is 2.18. The van der Waals surface area contributed by atoms with Crippen molar-refractivity contribution in [2.24, 2.45) is 0 Å². The molecule has 0 aliphatic rings. The van der Waals surface area contributed by atoms with Crippen molar-refractivity contribution in [3.63, 3.8) is 0 Å². The highest BCUT2D eigenvalue weighted by atomic mass is 32.2. The van der Waals surface area contributed by atoms with Crippen molar-refractivity contribution >= 4 is 10.0 Å². The number of nitrogens with zero attached hydrogens (tertiary/aromatic N) is 1. The maximum absolute atomic E-state index is 11.7. The molecule has 1 atom stereocenters. The van der Waals surface area contributed by atoms with Crippen molar-refractivity contribution in [3.8, 4) is 0 Å². The quantitative estimate of drug-likeness (QED) is 0.701. The van der Waals surface area contributed by atoms with Crippen molar-refractivity contribution in [3.05, 3.63) is 17.8 Å². The monoisotopic (exact) mass is 261 g/mol. The van der Waals surface area contributed by atoms with Crippen LogP contribution in [0.2, 0.25) is 0 Å². The molecule has 2 N–H and O–H groups in total. The first-order chi connectivity index (χ1) is 7.94. The third kappa shape index (κ3) is 4.84. The molecule has 0 spiro atoms. The maximum Gasteiger partial charge on any atom is 0.213 e. The maximum atomic E-state index is 11.7. The zero-order chi connectivity index (χ0) is 12.9. The highest BCUT2D eigenvalue weighted by Crippen LogP contribution is 2.12. The summed E-state index contributed by atoms with van der Waals surface area (Å²) in [7, 11) is -3.30. The lowest BCUT2D eigenvalue weighted by Crippen LogP contribution is -2.33. The minimum atomic E-state index is -3.30. The van der Waals surface area contributed by atoms with Crippen LogP contribution >= 0.6 is 0 Å². The smallest absolute Gasteiger partial charge is 0.213 e. The molecular formula is C10H19N3O3S. The molecule has 0 bridgehead atoms. The Labute approximate surface area is 102 Å². The van der Waals surface area contributed by atoms with Crippen LogP contribution in [0.15, 0.2) is 10.6 Å². The van der Waals surface area contributed by atoms with E-state index in [0.29, 0.717) is 18.2 Å². The molecule has 0 saturated carbocycles. The summed E-state index contributed by atoms with van der Waals surface area (Å²) in [5.74, 6) is 1.10. The molecule has 0 aliphatic carbocycles. The number of hydrogen-bond acceptors (Lipinski definition) is 5. The van der Waals surface area contributed by atoms with Gasteiger partial charge in [0.2, 0.25) is 15.9 Å². The predicted octanol–water partition coefficient (Wildman–Crippen LogP) is 0.573. The second kappa shape index (κ2) is 6.13. The zero-order valence-electron chi connectivity index (χ0n) is 10.4. The summed E-state index contributed by atoms with van der Waals surface area (Å²) < 4.78 is 31.1. The molecule has 7 heteroatoms. The second-order valence-electron chi connectivity index (χ2n) is 3.82. The molecule has 0 amide bonds. The summed E-state index contributed by atoms with van der Waals surface area (Å²) in [6, 6.07) is -0.449. The van der Waals surface area contributed by atoms with Crippen LogP contribution in [0.3, 0.4) is 0 Å². The Morgan fingerprint density at radius 1 is 1.53 bits per heavy atom. The Hall–Kier alpha value is -0.920. The van der Waals surface area contributed by atoms with Gasteiger partial charge in [0.05, 0.1) is 18.0 Å². The molecule has 0 radical (unpaired) electrons. The van der Waals surface area contributed by atoms with Crippen LogP contribution in [-0.2, 0) is 10.0 Å². The third-order valence-corrected chi connectivity index (χ3v) is 3.62. The van der Waals surface area contributed by atoms with E-state index in [1.54, 1.807) is 20.0 Å². The summed E-state index contributed by atoms with van der Waals surface area (Å²) in [5, 5.41) is 2.96.